The van der Waals surface area contributed by atoms with Crippen molar-refractivity contribution in [2.45, 2.75) is 34.3 Å². The summed E-state index contributed by atoms with van der Waals surface area (Å²) in [6, 6.07) is 1.80. The van der Waals surface area contributed by atoms with Crippen LogP contribution in [0.25, 0.3) is 0 Å². The molecule has 1 aromatic heterocycles. The highest BCUT2D eigenvalue weighted by atomic mass is 16.5. The first-order valence-corrected chi connectivity index (χ1v) is 5.55. The Bertz CT molecular complexity index is 373. The maximum Gasteiger partial charge on any atom is 0.310 e. The van der Waals surface area contributed by atoms with Gasteiger partial charge in [-0.3, -0.25) is 4.79 Å². The predicted molar refractivity (Wildman–Crippen MR) is 59.6 cm³/mol. The highest BCUT2D eigenvalue weighted by Crippen LogP contribution is 2.68. The molecule has 16 heavy (non-hydrogen) atoms. The molecule has 2 rings (SSSR count). The van der Waals surface area contributed by atoms with Crippen molar-refractivity contribution >= 4 is 5.97 Å². The van der Waals surface area contributed by atoms with Crippen LogP contribution in [0, 0.1) is 16.7 Å². The second-order valence-corrected chi connectivity index (χ2v) is 5.62. The van der Waals surface area contributed by atoms with Crippen LogP contribution in [-0.4, -0.2) is 5.97 Å². The van der Waals surface area contributed by atoms with Crippen LogP contribution in [0.15, 0.2) is 23.0 Å². The van der Waals surface area contributed by atoms with Crippen LogP contribution in [0.3, 0.4) is 0 Å². The van der Waals surface area contributed by atoms with Gasteiger partial charge in [-0.05, 0) is 16.9 Å². The molecule has 88 valence electrons. The molecule has 1 aliphatic carbocycles. The number of carbonyl (C=O) groups excluding carboxylic acids is 1. The van der Waals surface area contributed by atoms with Gasteiger partial charge in [-0.1, -0.05) is 27.7 Å². The van der Waals surface area contributed by atoms with Crippen LogP contribution in [0.4, 0.5) is 0 Å². The molecule has 1 aromatic rings. The van der Waals surface area contributed by atoms with Crippen LogP contribution in [0.2, 0.25) is 0 Å². The standard InChI is InChI=1S/C13H18O3/c1-12(2)10(13(12,3)4)11(14)16-8-9-5-6-15-7-9/h5-7,10H,8H2,1-4H3. The van der Waals surface area contributed by atoms with Crippen molar-refractivity contribution in [3.63, 3.8) is 0 Å². The van der Waals surface area contributed by atoms with Crippen molar-refractivity contribution in [2.24, 2.45) is 16.7 Å². The molecule has 0 amide bonds. The molecule has 1 saturated carbocycles. The summed E-state index contributed by atoms with van der Waals surface area (Å²) in [5.74, 6) is -0.0944. The molecule has 0 saturated heterocycles. The van der Waals surface area contributed by atoms with E-state index in [2.05, 4.69) is 27.7 Å². The fourth-order valence-corrected chi connectivity index (χ4v) is 2.40. The number of rotatable bonds is 3. The van der Waals surface area contributed by atoms with E-state index in [1.54, 1.807) is 18.6 Å². The summed E-state index contributed by atoms with van der Waals surface area (Å²) < 4.78 is 10.2. The van der Waals surface area contributed by atoms with Crippen molar-refractivity contribution in [1.82, 2.24) is 0 Å². The van der Waals surface area contributed by atoms with E-state index in [1.807, 2.05) is 0 Å². The third-order valence-corrected chi connectivity index (χ3v) is 4.22. The van der Waals surface area contributed by atoms with Gasteiger partial charge in [-0.2, -0.15) is 0 Å². The van der Waals surface area contributed by atoms with E-state index in [0.717, 1.165) is 5.56 Å². The van der Waals surface area contributed by atoms with Gasteiger partial charge >= 0.3 is 5.97 Å². The lowest BCUT2D eigenvalue weighted by Gasteiger charge is -2.03. The number of carbonyl (C=O) groups is 1. The fourth-order valence-electron chi connectivity index (χ4n) is 2.40. The summed E-state index contributed by atoms with van der Waals surface area (Å²) in [6.45, 7) is 8.74. The van der Waals surface area contributed by atoms with Gasteiger partial charge in [0.2, 0.25) is 0 Å². The molecular formula is C13H18O3. The molecule has 0 spiro atoms. The molecule has 3 heteroatoms. The lowest BCUT2D eigenvalue weighted by Crippen LogP contribution is -2.11. The van der Waals surface area contributed by atoms with Crippen LogP contribution < -0.4 is 0 Å². The number of esters is 1. The normalized spacial score (nSPS) is 21.8. The fraction of sp³-hybridized carbons (Fsp3) is 0.615. The van der Waals surface area contributed by atoms with E-state index < -0.39 is 0 Å². The van der Waals surface area contributed by atoms with Gasteiger partial charge in [0.05, 0.1) is 18.4 Å². The summed E-state index contributed by atoms with van der Waals surface area (Å²) in [4.78, 5) is 11.9. The van der Waals surface area contributed by atoms with Crippen LogP contribution >= 0.6 is 0 Å². The Morgan fingerprint density at radius 2 is 2.00 bits per heavy atom. The number of hydrogen-bond acceptors (Lipinski definition) is 3. The average Bonchev–Trinajstić information content (AvgIpc) is 2.61. The second kappa shape index (κ2) is 3.37. The lowest BCUT2D eigenvalue weighted by molar-refractivity contribution is -0.148. The Kier molecular flexibility index (Phi) is 2.37. The molecule has 1 fully saturated rings. The maximum atomic E-state index is 11.9. The Balaban J connectivity index is 1.91. The third kappa shape index (κ3) is 1.55. The minimum absolute atomic E-state index is 0.00639. The van der Waals surface area contributed by atoms with Crippen molar-refractivity contribution in [1.29, 1.82) is 0 Å². The van der Waals surface area contributed by atoms with Gasteiger partial charge in [0.1, 0.15) is 6.61 Å². The van der Waals surface area contributed by atoms with Crippen molar-refractivity contribution in [3.8, 4) is 0 Å². The van der Waals surface area contributed by atoms with Crippen molar-refractivity contribution in [3.05, 3.63) is 24.2 Å². The molecule has 1 heterocycles. The van der Waals surface area contributed by atoms with Crippen molar-refractivity contribution in [2.75, 3.05) is 0 Å². The molecule has 0 N–H and O–H groups in total. The second-order valence-electron chi connectivity index (χ2n) is 5.62. The van der Waals surface area contributed by atoms with Gasteiger partial charge in [0, 0.05) is 5.56 Å². The summed E-state index contributed by atoms with van der Waals surface area (Å²) >= 11 is 0. The summed E-state index contributed by atoms with van der Waals surface area (Å²) in [7, 11) is 0. The first-order valence-electron chi connectivity index (χ1n) is 5.55. The summed E-state index contributed by atoms with van der Waals surface area (Å²) in [6.07, 6.45) is 3.17. The molecule has 0 unspecified atom stereocenters. The molecule has 0 bridgehead atoms. The third-order valence-electron chi connectivity index (χ3n) is 4.22. The van der Waals surface area contributed by atoms with Crippen molar-refractivity contribution < 1.29 is 13.9 Å². The molecule has 3 nitrogen and oxygen atoms in total. The smallest absolute Gasteiger partial charge is 0.310 e. The summed E-state index contributed by atoms with van der Waals surface area (Å²) in [5, 5.41) is 0. The van der Waals surface area contributed by atoms with E-state index in [4.69, 9.17) is 9.15 Å². The number of furan rings is 1. The minimum Gasteiger partial charge on any atom is -0.472 e. The van der Waals surface area contributed by atoms with Gasteiger partial charge in [-0.25, -0.2) is 0 Å². The van der Waals surface area contributed by atoms with Gasteiger partial charge in [0.15, 0.2) is 0 Å². The molecule has 0 aromatic carbocycles. The highest BCUT2D eigenvalue weighted by Gasteiger charge is 2.69. The SMILES string of the molecule is CC1(C)C(C(=O)OCc2ccoc2)C1(C)C. The van der Waals surface area contributed by atoms with Crippen LogP contribution in [0.5, 0.6) is 0 Å². The minimum atomic E-state index is -0.101. The lowest BCUT2D eigenvalue weighted by atomic mass is 10.0. The number of ether oxygens (including phenoxy) is 1. The Labute approximate surface area is 95.8 Å². The molecule has 0 aliphatic heterocycles. The number of hydrogen-bond donors (Lipinski definition) is 0. The summed E-state index contributed by atoms with van der Waals surface area (Å²) in [5.41, 5.74) is 0.977. The molecule has 0 atom stereocenters. The van der Waals surface area contributed by atoms with E-state index in [9.17, 15) is 4.79 Å². The largest absolute Gasteiger partial charge is 0.472 e. The quantitative estimate of drug-likeness (QED) is 0.738. The zero-order valence-electron chi connectivity index (χ0n) is 10.2. The average molecular weight is 222 g/mol. The molecular weight excluding hydrogens is 204 g/mol. The van der Waals surface area contributed by atoms with E-state index in [-0.39, 0.29) is 22.7 Å². The van der Waals surface area contributed by atoms with Gasteiger partial charge < -0.3 is 9.15 Å². The molecule has 0 radical (unpaired) electrons. The topological polar surface area (TPSA) is 39.4 Å². The van der Waals surface area contributed by atoms with Gasteiger partial charge in [-0.15, -0.1) is 0 Å². The molecule has 1 aliphatic rings. The highest BCUT2D eigenvalue weighted by molar-refractivity contribution is 5.78. The van der Waals surface area contributed by atoms with E-state index in [1.165, 1.54) is 0 Å². The Morgan fingerprint density at radius 1 is 1.38 bits per heavy atom. The predicted octanol–water partition coefficient (Wildman–Crippen LogP) is 3.01. The van der Waals surface area contributed by atoms with Crippen LogP contribution in [-0.2, 0) is 16.1 Å². The Hall–Kier alpha value is -1.25. The van der Waals surface area contributed by atoms with Gasteiger partial charge in [0.25, 0.3) is 0 Å². The zero-order chi connectivity index (χ0) is 12.0. The van der Waals surface area contributed by atoms with Crippen LogP contribution in [0.1, 0.15) is 33.3 Å². The maximum absolute atomic E-state index is 11.9. The Morgan fingerprint density at radius 3 is 2.44 bits per heavy atom. The monoisotopic (exact) mass is 222 g/mol. The first-order chi connectivity index (χ1) is 7.37. The first kappa shape index (κ1) is 11.2. The van der Waals surface area contributed by atoms with E-state index >= 15 is 0 Å². The van der Waals surface area contributed by atoms with E-state index in [0.29, 0.717) is 6.61 Å². The zero-order valence-corrected chi connectivity index (χ0v) is 10.2.